The number of nitrogens with zero attached hydrogens (tertiary/aromatic N) is 3. The van der Waals surface area contributed by atoms with Crippen molar-refractivity contribution in [3.63, 3.8) is 0 Å². The second kappa shape index (κ2) is 6.31. The summed E-state index contributed by atoms with van der Waals surface area (Å²) in [6.07, 6.45) is 5.29. The third-order valence-corrected chi connectivity index (χ3v) is 8.50. The Kier molecular flexibility index (Phi) is 3.29. The average Bonchev–Trinajstić information content (AvgIpc) is 3.66. The van der Waals surface area contributed by atoms with Crippen LogP contribution < -0.4 is 0 Å². The van der Waals surface area contributed by atoms with Gasteiger partial charge in [0.25, 0.3) is 0 Å². The van der Waals surface area contributed by atoms with Crippen molar-refractivity contribution >= 4 is 65.7 Å². The van der Waals surface area contributed by atoms with E-state index in [0.717, 1.165) is 11.3 Å². The van der Waals surface area contributed by atoms with Gasteiger partial charge in [0.2, 0.25) is 5.78 Å². The maximum atomic E-state index is 5.24. The van der Waals surface area contributed by atoms with Crippen LogP contribution in [0.5, 0.6) is 0 Å². The van der Waals surface area contributed by atoms with Crippen LogP contribution in [0.4, 0.5) is 0 Å². The van der Waals surface area contributed by atoms with E-state index in [1.165, 1.54) is 85.6 Å². The quantitative estimate of drug-likeness (QED) is 0.246. The van der Waals surface area contributed by atoms with E-state index < -0.39 is 0 Å². The number of hydrogen-bond donors (Lipinski definition) is 0. The first-order valence-electron chi connectivity index (χ1n) is 12.8. The number of rotatable bonds is 1. The predicted octanol–water partition coefficient (Wildman–Crippen LogP) is 8.45. The summed E-state index contributed by atoms with van der Waals surface area (Å²) in [5.41, 5.74) is 7.59. The summed E-state index contributed by atoms with van der Waals surface area (Å²) < 4.78 is 4.83. The summed E-state index contributed by atoms with van der Waals surface area (Å²) >= 11 is 0. The highest BCUT2D eigenvalue weighted by Crippen LogP contribution is 2.43. The van der Waals surface area contributed by atoms with Crippen molar-refractivity contribution in [2.24, 2.45) is 0 Å². The fourth-order valence-electron chi connectivity index (χ4n) is 6.84. The molecule has 35 heavy (non-hydrogen) atoms. The van der Waals surface area contributed by atoms with Crippen LogP contribution in [0, 0.1) is 0 Å². The van der Waals surface area contributed by atoms with Gasteiger partial charge in [-0.25, -0.2) is 4.98 Å². The van der Waals surface area contributed by atoms with Crippen molar-refractivity contribution in [3.05, 3.63) is 90.5 Å². The first kappa shape index (κ1) is 18.2. The molecule has 0 bridgehead atoms. The van der Waals surface area contributed by atoms with Gasteiger partial charge in [0.05, 0.1) is 27.6 Å². The standard InChI is InChI=1S/C32H23N3/c1-2-8-19(7-1)24-14-26-25-13-20-9-3-5-11-22(20)16-28(25)35-31(26)30(18-24)34-29-17-23-12-6-4-10-21(23)15-27(29)33-32(34)35/h3-6,9-19H,1-2,7-8H2. The Morgan fingerprint density at radius 2 is 1.26 bits per heavy atom. The number of aromatic nitrogens is 3. The van der Waals surface area contributed by atoms with E-state index >= 15 is 0 Å². The van der Waals surface area contributed by atoms with Crippen LogP contribution in [0.15, 0.2) is 84.9 Å². The van der Waals surface area contributed by atoms with Crippen LogP contribution in [0.25, 0.3) is 65.7 Å². The van der Waals surface area contributed by atoms with E-state index in [0.29, 0.717) is 5.92 Å². The molecule has 1 fully saturated rings. The molecule has 0 N–H and O–H groups in total. The van der Waals surface area contributed by atoms with E-state index in [2.05, 4.69) is 93.7 Å². The monoisotopic (exact) mass is 449 g/mol. The summed E-state index contributed by atoms with van der Waals surface area (Å²) in [4.78, 5) is 5.24. The van der Waals surface area contributed by atoms with Gasteiger partial charge in [0.15, 0.2) is 0 Å². The molecule has 3 heterocycles. The van der Waals surface area contributed by atoms with Gasteiger partial charge in [0.1, 0.15) is 0 Å². The van der Waals surface area contributed by atoms with Gasteiger partial charge in [-0.15, -0.1) is 0 Å². The molecule has 3 nitrogen and oxygen atoms in total. The number of hydrogen-bond acceptors (Lipinski definition) is 1. The Balaban J connectivity index is 1.53. The molecule has 1 saturated carbocycles. The zero-order chi connectivity index (χ0) is 22.7. The van der Waals surface area contributed by atoms with E-state index in [9.17, 15) is 0 Å². The summed E-state index contributed by atoms with van der Waals surface area (Å²) in [7, 11) is 0. The molecule has 0 spiro atoms. The first-order chi connectivity index (χ1) is 17.3. The lowest BCUT2D eigenvalue weighted by molar-refractivity contribution is 0.725. The van der Waals surface area contributed by atoms with E-state index in [-0.39, 0.29) is 0 Å². The molecule has 3 heteroatoms. The SMILES string of the molecule is c1ccc2cc3c(cc2c1)nc1n3c2cc(C3CCCC3)cc3c4cc5ccccc5cc4n1c32. The van der Waals surface area contributed by atoms with Gasteiger partial charge in [-0.3, -0.25) is 8.80 Å². The molecular formula is C32H23N3. The minimum Gasteiger partial charge on any atom is -0.277 e. The molecule has 0 radical (unpaired) electrons. The first-order valence-corrected chi connectivity index (χ1v) is 12.8. The van der Waals surface area contributed by atoms with Crippen molar-refractivity contribution in [2.45, 2.75) is 31.6 Å². The smallest absolute Gasteiger partial charge is 0.220 e. The zero-order valence-electron chi connectivity index (χ0n) is 19.3. The highest BCUT2D eigenvalue weighted by atomic mass is 15.2. The van der Waals surface area contributed by atoms with Crippen LogP contribution in [0.1, 0.15) is 37.2 Å². The van der Waals surface area contributed by atoms with E-state index in [4.69, 9.17) is 4.98 Å². The number of fused-ring (bicyclic) bond motifs is 10. The topological polar surface area (TPSA) is 21.7 Å². The molecule has 0 unspecified atom stereocenters. The Labute approximate surface area is 201 Å². The molecule has 5 aromatic carbocycles. The summed E-state index contributed by atoms with van der Waals surface area (Å²) in [5.74, 6) is 1.68. The molecule has 1 aliphatic rings. The third-order valence-electron chi connectivity index (χ3n) is 8.50. The third kappa shape index (κ3) is 2.28. The molecular weight excluding hydrogens is 426 g/mol. The van der Waals surface area contributed by atoms with Gasteiger partial charge in [-0.1, -0.05) is 61.4 Å². The highest BCUT2D eigenvalue weighted by molar-refractivity contribution is 6.19. The van der Waals surface area contributed by atoms with Gasteiger partial charge in [-0.05, 0) is 82.3 Å². The number of benzene rings is 5. The Morgan fingerprint density at radius 1 is 0.600 bits per heavy atom. The van der Waals surface area contributed by atoms with Crippen LogP contribution in [-0.4, -0.2) is 13.8 Å². The zero-order valence-corrected chi connectivity index (χ0v) is 19.3. The van der Waals surface area contributed by atoms with E-state index in [1.807, 2.05) is 0 Å². The van der Waals surface area contributed by atoms with Crippen LogP contribution in [0.3, 0.4) is 0 Å². The summed E-state index contributed by atoms with van der Waals surface area (Å²) in [5, 5.41) is 7.78. The van der Waals surface area contributed by atoms with Gasteiger partial charge >= 0.3 is 0 Å². The maximum Gasteiger partial charge on any atom is 0.220 e. The van der Waals surface area contributed by atoms with Crippen LogP contribution in [0.2, 0.25) is 0 Å². The van der Waals surface area contributed by atoms with Crippen molar-refractivity contribution in [3.8, 4) is 0 Å². The fraction of sp³-hybridized carbons (Fsp3) is 0.156. The van der Waals surface area contributed by atoms with Gasteiger partial charge in [-0.2, -0.15) is 0 Å². The van der Waals surface area contributed by atoms with Crippen molar-refractivity contribution in [2.75, 3.05) is 0 Å². The highest BCUT2D eigenvalue weighted by Gasteiger charge is 2.25. The lowest BCUT2D eigenvalue weighted by atomic mass is 9.95. The molecule has 1 aliphatic carbocycles. The Bertz CT molecular complexity index is 2120. The lowest BCUT2D eigenvalue weighted by Gasteiger charge is -2.10. The molecule has 9 rings (SSSR count). The van der Waals surface area contributed by atoms with Crippen LogP contribution >= 0.6 is 0 Å². The molecule has 166 valence electrons. The minimum absolute atomic E-state index is 0.661. The van der Waals surface area contributed by atoms with Gasteiger partial charge < -0.3 is 0 Å². The molecule has 0 saturated heterocycles. The molecule has 3 aromatic heterocycles. The Hall–Kier alpha value is -4.11. The normalized spacial score (nSPS) is 15.4. The molecule has 8 aromatic rings. The molecule has 0 amide bonds. The van der Waals surface area contributed by atoms with Gasteiger partial charge in [0, 0.05) is 10.8 Å². The second-order valence-electron chi connectivity index (χ2n) is 10.4. The van der Waals surface area contributed by atoms with Crippen molar-refractivity contribution in [1.29, 1.82) is 0 Å². The molecule has 0 atom stereocenters. The predicted molar refractivity (Wildman–Crippen MR) is 146 cm³/mol. The van der Waals surface area contributed by atoms with Crippen molar-refractivity contribution in [1.82, 2.24) is 13.8 Å². The molecule has 0 aliphatic heterocycles. The minimum atomic E-state index is 0.661. The van der Waals surface area contributed by atoms with Crippen LogP contribution in [-0.2, 0) is 0 Å². The number of imidazole rings is 2. The summed E-state index contributed by atoms with van der Waals surface area (Å²) in [6, 6.07) is 31.6. The largest absolute Gasteiger partial charge is 0.277 e. The fourth-order valence-corrected chi connectivity index (χ4v) is 6.84. The Morgan fingerprint density at radius 3 is 2.00 bits per heavy atom. The van der Waals surface area contributed by atoms with E-state index in [1.54, 1.807) is 0 Å². The maximum absolute atomic E-state index is 5.24. The average molecular weight is 450 g/mol. The lowest BCUT2D eigenvalue weighted by Crippen LogP contribution is -1.93. The second-order valence-corrected chi connectivity index (χ2v) is 10.4. The van der Waals surface area contributed by atoms with Crippen molar-refractivity contribution < 1.29 is 0 Å². The summed E-state index contributed by atoms with van der Waals surface area (Å²) in [6.45, 7) is 0.